The van der Waals surface area contributed by atoms with Crippen molar-refractivity contribution in [2.45, 2.75) is 24.7 Å². The average Bonchev–Trinajstić information content (AvgIpc) is 3.01. The van der Waals surface area contributed by atoms with Gasteiger partial charge in [-0.3, -0.25) is 9.59 Å². The quantitative estimate of drug-likeness (QED) is 0.912. The summed E-state index contributed by atoms with van der Waals surface area (Å²) in [4.78, 5) is 24.3. The molecule has 2 unspecified atom stereocenters. The predicted octanol–water partition coefficient (Wildman–Crippen LogP) is 3.24. The maximum Gasteiger partial charge on any atom is 0.232 e. The van der Waals surface area contributed by atoms with Crippen molar-refractivity contribution in [1.82, 2.24) is 0 Å². The summed E-state index contributed by atoms with van der Waals surface area (Å²) in [5.41, 5.74) is 3.88. The van der Waals surface area contributed by atoms with Gasteiger partial charge >= 0.3 is 0 Å². The van der Waals surface area contributed by atoms with E-state index < -0.39 is 0 Å². The van der Waals surface area contributed by atoms with Gasteiger partial charge in [-0.2, -0.15) is 0 Å². The number of fused-ring (bicyclic) bond motifs is 2. The molecule has 4 heteroatoms. The number of carbonyl (C=O) groups is 2. The lowest BCUT2D eigenvalue weighted by molar-refractivity contribution is -0.119. The third kappa shape index (κ3) is 1.99. The molecule has 2 aromatic carbocycles. The molecular formula is C18H16N2O2. The second-order valence-corrected chi connectivity index (χ2v) is 5.84. The molecule has 2 amide bonds. The van der Waals surface area contributed by atoms with E-state index in [1.807, 2.05) is 48.5 Å². The molecule has 2 atom stereocenters. The minimum Gasteiger partial charge on any atom is -0.325 e. The van der Waals surface area contributed by atoms with Crippen LogP contribution in [0.4, 0.5) is 11.4 Å². The molecule has 2 heterocycles. The number of rotatable bonds is 3. The normalized spacial score (nSPS) is 22.0. The topological polar surface area (TPSA) is 58.2 Å². The van der Waals surface area contributed by atoms with E-state index in [1.54, 1.807) is 0 Å². The standard InChI is InChI=1S/C18H16N2O2/c21-17-13(11-5-1-3-7-15(11)19-17)9-10-14-12-6-2-4-8-16(12)20-18(14)22/h1-8,13-14H,9-10H2,(H,19,21)(H,20,22). The molecule has 0 saturated carbocycles. The fraction of sp³-hybridized carbons (Fsp3) is 0.222. The van der Waals surface area contributed by atoms with Crippen LogP contribution >= 0.6 is 0 Å². The van der Waals surface area contributed by atoms with E-state index in [4.69, 9.17) is 0 Å². The first-order valence-electron chi connectivity index (χ1n) is 7.53. The Kier molecular flexibility index (Phi) is 2.96. The number of para-hydroxylation sites is 2. The monoisotopic (exact) mass is 292 g/mol. The van der Waals surface area contributed by atoms with E-state index >= 15 is 0 Å². The molecule has 2 aliphatic heterocycles. The van der Waals surface area contributed by atoms with Gasteiger partial charge in [0.2, 0.25) is 11.8 Å². The third-order valence-electron chi connectivity index (χ3n) is 4.57. The Bertz CT molecular complexity index is 704. The first-order valence-corrected chi connectivity index (χ1v) is 7.53. The predicted molar refractivity (Wildman–Crippen MR) is 84.9 cm³/mol. The van der Waals surface area contributed by atoms with E-state index in [9.17, 15) is 9.59 Å². The van der Waals surface area contributed by atoms with Gasteiger partial charge in [0.25, 0.3) is 0 Å². The van der Waals surface area contributed by atoms with Gasteiger partial charge in [-0.1, -0.05) is 36.4 Å². The Balaban J connectivity index is 1.54. The van der Waals surface area contributed by atoms with Crippen LogP contribution in [-0.4, -0.2) is 11.8 Å². The van der Waals surface area contributed by atoms with Gasteiger partial charge in [0.05, 0.1) is 11.8 Å². The zero-order chi connectivity index (χ0) is 15.1. The maximum atomic E-state index is 12.2. The maximum absolute atomic E-state index is 12.2. The molecule has 22 heavy (non-hydrogen) atoms. The SMILES string of the molecule is O=C1Nc2ccccc2C1CCC1C(=O)Nc2ccccc21. The van der Waals surface area contributed by atoms with E-state index in [-0.39, 0.29) is 23.7 Å². The average molecular weight is 292 g/mol. The number of hydrogen-bond acceptors (Lipinski definition) is 2. The number of amides is 2. The number of hydrogen-bond donors (Lipinski definition) is 2. The van der Waals surface area contributed by atoms with Crippen molar-refractivity contribution in [3.8, 4) is 0 Å². The third-order valence-corrected chi connectivity index (χ3v) is 4.57. The minimum atomic E-state index is -0.156. The second kappa shape index (κ2) is 4.98. The molecule has 0 spiro atoms. The van der Waals surface area contributed by atoms with E-state index in [1.165, 1.54) is 0 Å². The molecule has 4 nitrogen and oxygen atoms in total. The molecule has 0 radical (unpaired) electrons. The van der Waals surface area contributed by atoms with Crippen LogP contribution < -0.4 is 10.6 Å². The molecule has 2 aromatic rings. The van der Waals surface area contributed by atoms with Crippen LogP contribution in [-0.2, 0) is 9.59 Å². The lowest BCUT2D eigenvalue weighted by Crippen LogP contribution is -2.16. The van der Waals surface area contributed by atoms with Gasteiger partial charge in [-0.25, -0.2) is 0 Å². The lowest BCUT2D eigenvalue weighted by Gasteiger charge is -2.12. The summed E-state index contributed by atoms with van der Waals surface area (Å²) in [5.74, 6) is -0.241. The van der Waals surface area contributed by atoms with Crippen molar-refractivity contribution in [2.24, 2.45) is 0 Å². The molecule has 4 rings (SSSR count). The first kappa shape index (κ1) is 13.1. The molecule has 0 aromatic heterocycles. The van der Waals surface area contributed by atoms with E-state index in [2.05, 4.69) is 10.6 Å². The largest absolute Gasteiger partial charge is 0.325 e. The first-order chi connectivity index (χ1) is 10.7. The Morgan fingerprint density at radius 2 is 1.09 bits per heavy atom. The highest BCUT2D eigenvalue weighted by Gasteiger charge is 2.34. The molecule has 0 aliphatic carbocycles. The van der Waals surface area contributed by atoms with Crippen molar-refractivity contribution in [3.05, 3.63) is 59.7 Å². The molecule has 110 valence electrons. The van der Waals surface area contributed by atoms with Crippen molar-refractivity contribution in [1.29, 1.82) is 0 Å². The van der Waals surface area contributed by atoms with Gasteiger partial charge in [0.15, 0.2) is 0 Å². The molecule has 0 bridgehead atoms. The molecule has 2 aliphatic rings. The van der Waals surface area contributed by atoms with Crippen LogP contribution in [0.25, 0.3) is 0 Å². The van der Waals surface area contributed by atoms with Crippen molar-refractivity contribution in [3.63, 3.8) is 0 Å². The van der Waals surface area contributed by atoms with Crippen LogP contribution in [0.2, 0.25) is 0 Å². The number of benzene rings is 2. The summed E-state index contributed by atoms with van der Waals surface area (Å²) < 4.78 is 0. The Morgan fingerprint density at radius 1 is 0.682 bits per heavy atom. The van der Waals surface area contributed by atoms with Gasteiger partial charge < -0.3 is 10.6 Å². The Labute approximate surface area is 128 Å². The summed E-state index contributed by atoms with van der Waals surface area (Å²) in [6.07, 6.45) is 1.35. The molecule has 0 saturated heterocycles. The van der Waals surface area contributed by atoms with Crippen molar-refractivity contribution >= 4 is 23.2 Å². The van der Waals surface area contributed by atoms with Crippen LogP contribution in [0.3, 0.4) is 0 Å². The van der Waals surface area contributed by atoms with Crippen LogP contribution in [0.5, 0.6) is 0 Å². The van der Waals surface area contributed by atoms with Crippen LogP contribution in [0.1, 0.15) is 35.8 Å². The van der Waals surface area contributed by atoms with E-state index in [0.717, 1.165) is 22.5 Å². The summed E-state index contributed by atoms with van der Waals surface area (Å²) in [7, 11) is 0. The number of carbonyl (C=O) groups excluding carboxylic acids is 2. The molecular weight excluding hydrogens is 276 g/mol. The second-order valence-electron chi connectivity index (χ2n) is 5.84. The van der Waals surface area contributed by atoms with Crippen molar-refractivity contribution in [2.75, 3.05) is 10.6 Å². The van der Waals surface area contributed by atoms with E-state index in [0.29, 0.717) is 12.8 Å². The summed E-state index contributed by atoms with van der Waals surface area (Å²) in [5, 5.41) is 5.83. The van der Waals surface area contributed by atoms with Gasteiger partial charge in [-0.05, 0) is 36.1 Å². The zero-order valence-corrected chi connectivity index (χ0v) is 12.0. The van der Waals surface area contributed by atoms with Gasteiger partial charge in [0, 0.05) is 11.4 Å². The lowest BCUT2D eigenvalue weighted by atomic mass is 9.88. The number of nitrogens with one attached hydrogen (secondary N) is 2. The summed E-state index contributed by atoms with van der Waals surface area (Å²) >= 11 is 0. The smallest absolute Gasteiger partial charge is 0.232 e. The Morgan fingerprint density at radius 3 is 1.55 bits per heavy atom. The van der Waals surface area contributed by atoms with Gasteiger partial charge in [-0.15, -0.1) is 0 Å². The highest BCUT2D eigenvalue weighted by atomic mass is 16.2. The van der Waals surface area contributed by atoms with Gasteiger partial charge in [0.1, 0.15) is 0 Å². The van der Waals surface area contributed by atoms with Crippen LogP contribution in [0.15, 0.2) is 48.5 Å². The highest BCUT2D eigenvalue weighted by Crippen LogP contribution is 2.40. The van der Waals surface area contributed by atoms with Crippen LogP contribution in [0, 0.1) is 0 Å². The summed E-state index contributed by atoms with van der Waals surface area (Å²) in [6, 6.07) is 15.6. The summed E-state index contributed by atoms with van der Waals surface area (Å²) in [6.45, 7) is 0. The molecule has 2 N–H and O–H groups in total. The minimum absolute atomic E-state index is 0.0351. The Hall–Kier alpha value is -2.62. The highest BCUT2D eigenvalue weighted by molar-refractivity contribution is 6.04. The number of anilines is 2. The fourth-order valence-corrected chi connectivity index (χ4v) is 3.46. The fourth-order valence-electron chi connectivity index (χ4n) is 3.46. The molecule has 0 fully saturated rings. The van der Waals surface area contributed by atoms with Crippen molar-refractivity contribution < 1.29 is 9.59 Å². The zero-order valence-electron chi connectivity index (χ0n) is 12.0.